The summed E-state index contributed by atoms with van der Waals surface area (Å²) in [5.74, 6) is 1.86. The number of aromatic nitrogens is 1. The van der Waals surface area contributed by atoms with Crippen LogP contribution in [-0.2, 0) is 4.79 Å². The van der Waals surface area contributed by atoms with Crippen molar-refractivity contribution < 1.29 is 4.79 Å². The standard InChI is InChI=1S/C17H26N4O.2BrH/c18-12-13-3-5-14(6-4-13)17(22)20-15-7-8-19-16(11-15)21-9-1-2-10-21;;/h7-8,11,13-14H,1-6,9-10,12,18H2,(H,19,20,22);2*1H. The maximum Gasteiger partial charge on any atom is 0.227 e. The third-order valence-electron chi connectivity index (χ3n) is 4.99. The van der Waals surface area contributed by atoms with Crippen molar-refractivity contribution in [2.75, 3.05) is 29.9 Å². The number of carbonyl (C=O) groups is 1. The molecule has 2 aliphatic rings. The molecule has 7 heteroatoms. The van der Waals surface area contributed by atoms with E-state index in [4.69, 9.17) is 5.73 Å². The van der Waals surface area contributed by atoms with Crippen molar-refractivity contribution in [3.05, 3.63) is 18.3 Å². The molecule has 1 saturated carbocycles. The largest absolute Gasteiger partial charge is 0.357 e. The number of nitrogens with zero attached hydrogens (tertiary/aromatic N) is 2. The molecule has 1 aliphatic carbocycles. The molecule has 1 saturated heterocycles. The zero-order valence-corrected chi connectivity index (χ0v) is 17.4. The molecule has 24 heavy (non-hydrogen) atoms. The van der Waals surface area contributed by atoms with Crippen LogP contribution in [-0.4, -0.2) is 30.5 Å². The first-order valence-corrected chi connectivity index (χ1v) is 8.48. The first-order chi connectivity index (χ1) is 10.8. The van der Waals surface area contributed by atoms with Crippen LogP contribution in [0.25, 0.3) is 0 Å². The Bertz CT molecular complexity index is 515. The van der Waals surface area contributed by atoms with Crippen LogP contribution < -0.4 is 16.0 Å². The minimum absolute atomic E-state index is 0. The van der Waals surface area contributed by atoms with Gasteiger partial charge in [0.05, 0.1) is 0 Å². The first-order valence-electron chi connectivity index (χ1n) is 8.48. The summed E-state index contributed by atoms with van der Waals surface area (Å²) in [5, 5.41) is 3.07. The summed E-state index contributed by atoms with van der Waals surface area (Å²) in [7, 11) is 0. The van der Waals surface area contributed by atoms with Crippen LogP contribution in [0.1, 0.15) is 38.5 Å². The highest BCUT2D eigenvalue weighted by Gasteiger charge is 2.25. The van der Waals surface area contributed by atoms with Gasteiger partial charge in [-0.3, -0.25) is 4.79 Å². The van der Waals surface area contributed by atoms with Crippen LogP contribution in [0.15, 0.2) is 18.3 Å². The second kappa shape index (κ2) is 10.4. The maximum atomic E-state index is 12.4. The first kappa shape index (κ1) is 21.4. The molecule has 1 aromatic rings. The zero-order valence-electron chi connectivity index (χ0n) is 13.9. The van der Waals surface area contributed by atoms with Crippen LogP contribution in [0, 0.1) is 11.8 Å². The van der Waals surface area contributed by atoms with Gasteiger partial charge in [0.15, 0.2) is 0 Å². The normalized spacial score (nSPS) is 23.1. The smallest absolute Gasteiger partial charge is 0.227 e. The number of pyridine rings is 1. The molecular weight excluding hydrogens is 436 g/mol. The van der Waals surface area contributed by atoms with Crippen LogP contribution in [0.3, 0.4) is 0 Å². The minimum Gasteiger partial charge on any atom is -0.357 e. The topological polar surface area (TPSA) is 71.2 Å². The molecule has 2 fully saturated rings. The van der Waals surface area contributed by atoms with E-state index < -0.39 is 0 Å². The van der Waals surface area contributed by atoms with E-state index in [0.29, 0.717) is 5.92 Å². The van der Waals surface area contributed by atoms with Gasteiger partial charge in [-0.1, -0.05) is 0 Å². The van der Waals surface area contributed by atoms with Crippen molar-refractivity contribution in [2.45, 2.75) is 38.5 Å². The number of carbonyl (C=O) groups excluding carboxylic acids is 1. The number of hydrogen-bond donors (Lipinski definition) is 2. The summed E-state index contributed by atoms with van der Waals surface area (Å²) < 4.78 is 0. The Morgan fingerprint density at radius 2 is 1.88 bits per heavy atom. The van der Waals surface area contributed by atoms with E-state index in [1.807, 2.05) is 12.1 Å². The van der Waals surface area contributed by atoms with Crippen molar-refractivity contribution in [1.29, 1.82) is 0 Å². The molecular formula is C17H28Br2N4O. The van der Waals surface area contributed by atoms with Gasteiger partial charge in [-0.2, -0.15) is 0 Å². The van der Waals surface area contributed by atoms with Gasteiger partial charge in [0.2, 0.25) is 5.91 Å². The van der Waals surface area contributed by atoms with Crippen molar-refractivity contribution in [3.63, 3.8) is 0 Å². The number of anilines is 2. The molecule has 0 spiro atoms. The number of amides is 1. The summed E-state index contributed by atoms with van der Waals surface area (Å²) in [4.78, 5) is 19.1. The summed E-state index contributed by atoms with van der Waals surface area (Å²) in [6.45, 7) is 2.87. The van der Waals surface area contributed by atoms with E-state index >= 15 is 0 Å². The highest BCUT2D eigenvalue weighted by molar-refractivity contribution is 8.93. The van der Waals surface area contributed by atoms with E-state index in [0.717, 1.165) is 56.8 Å². The summed E-state index contributed by atoms with van der Waals surface area (Å²) in [6.07, 6.45) is 8.29. The predicted molar refractivity (Wildman–Crippen MR) is 109 cm³/mol. The fraction of sp³-hybridized carbons (Fsp3) is 0.647. The molecule has 0 unspecified atom stereocenters. The molecule has 0 aromatic carbocycles. The van der Waals surface area contributed by atoms with Crippen LogP contribution in [0.4, 0.5) is 11.5 Å². The summed E-state index contributed by atoms with van der Waals surface area (Å²) in [5.41, 5.74) is 6.58. The minimum atomic E-state index is 0. The van der Waals surface area contributed by atoms with Gasteiger partial charge < -0.3 is 16.0 Å². The highest BCUT2D eigenvalue weighted by atomic mass is 79.9. The fourth-order valence-corrected chi connectivity index (χ4v) is 3.52. The molecule has 2 heterocycles. The second-order valence-electron chi connectivity index (χ2n) is 6.54. The van der Waals surface area contributed by atoms with Gasteiger partial charge in [0.1, 0.15) is 5.82 Å². The van der Waals surface area contributed by atoms with Crippen molar-refractivity contribution in [2.24, 2.45) is 17.6 Å². The second-order valence-corrected chi connectivity index (χ2v) is 6.54. The van der Waals surface area contributed by atoms with Gasteiger partial charge in [-0.25, -0.2) is 4.98 Å². The average Bonchev–Trinajstić information content (AvgIpc) is 3.10. The zero-order chi connectivity index (χ0) is 15.4. The van der Waals surface area contributed by atoms with Gasteiger partial charge in [0, 0.05) is 37.0 Å². The molecule has 0 atom stereocenters. The Morgan fingerprint density at radius 1 is 1.21 bits per heavy atom. The van der Waals surface area contributed by atoms with Crippen molar-refractivity contribution >= 4 is 51.4 Å². The summed E-state index contributed by atoms with van der Waals surface area (Å²) in [6, 6.07) is 3.87. The number of hydrogen-bond acceptors (Lipinski definition) is 4. The maximum absolute atomic E-state index is 12.4. The molecule has 1 aliphatic heterocycles. The van der Waals surface area contributed by atoms with E-state index in [2.05, 4.69) is 15.2 Å². The predicted octanol–water partition coefficient (Wildman–Crippen LogP) is 3.54. The Labute approximate surface area is 165 Å². The van der Waals surface area contributed by atoms with Gasteiger partial charge in [-0.15, -0.1) is 34.0 Å². The number of rotatable bonds is 4. The number of nitrogens with one attached hydrogen (secondary N) is 1. The van der Waals surface area contributed by atoms with E-state index in [1.165, 1.54) is 12.8 Å². The fourth-order valence-electron chi connectivity index (χ4n) is 3.52. The molecule has 5 nitrogen and oxygen atoms in total. The molecule has 3 rings (SSSR count). The van der Waals surface area contributed by atoms with E-state index in [-0.39, 0.29) is 45.8 Å². The van der Waals surface area contributed by atoms with E-state index in [9.17, 15) is 4.79 Å². The molecule has 0 radical (unpaired) electrons. The number of nitrogens with two attached hydrogens (primary N) is 1. The summed E-state index contributed by atoms with van der Waals surface area (Å²) >= 11 is 0. The monoisotopic (exact) mass is 462 g/mol. The lowest BCUT2D eigenvalue weighted by molar-refractivity contribution is -0.121. The SMILES string of the molecule is Br.Br.NCC1CCC(C(=O)Nc2ccnc(N3CCCC3)c2)CC1. The van der Waals surface area contributed by atoms with Crippen LogP contribution in [0.5, 0.6) is 0 Å². The number of halogens is 2. The Hall–Kier alpha value is -0.660. The molecule has 3 N–H and O–H groups in total. The highest BCUT2D eigenvalue weighted by Crippen LogP contribution is 2.29. The molecule has 0 bridgehead atoms. The van der Waals surface area contributed by atoms with Crippen LogP contribution >= 0.6 is 34.0 Å². The van der Waals surface area contributed by atoms with Crippen molar-refractivity contribution in [1.82, 2.24) is 4.98 Å². The average molecular weight is 464 g/mol. The van der Waals surface area contributed by atoms with Gasteiger partial charge in [0.25, 0.3) is 0 Å². The Kier molecular flexibility index (Phi) is 9.23. The van der Waals surface area contributed by atoms with Gasteiger partial charge in [-0.05, 0) is 57.1 Å². The quantitative estimate of drug-likeness (QED) is 0.716. The lowest BCUT2D eigenvalue weighted by atomic mass is 9.81. The molecule has 1 aromatic heterocycles. The van der Waals surface area contributed by atoms with Gasteiger partial charge >= 0.3 is 0 Å². The van der Waals surface area contributed by atoms with Crippen LogP contribution in [0.2, 0.25) is 0 Å². The lowest BCUT2D eigenvalue weighted by Crippen LogP contribution is -2.29. The molecule has 1 amide bonds. The molecule has 136 valence electrons. The Morgan fingerprint density at radius 3 is 2.50 bits per heavy atom. The van der Waals surface area contributed by atoms with E-state index in [1.54, 1.807) is 6.20 Å². The van der Waals surface area contributed by atoms with Crippen molar-refractivity contribution in [3.8, 4) is 0 Å². The third kappa shape index (κ3) is 5.43. The Balaban J connectivity index is 0.00000144. The third-order valence-corrected chi connectivity index (χ3v) is 4.99. The lowest BCUT2D eigenvalue weighted by Gasteiger charge is -2.26.